The van der Waals surface area contributed by atoms with Crippen LogP contribution in [0.1, 0.15) is 27.0 Å². The molecule has 0 spiro atoms. The number of carbonyl (C=O) groups excluding carboxylic acids is 1. The van der Waals surface area contributed by atoms with Gasteiger partial charge in [-0.1, -0.05) is 6.07 Å². The van der Waals surface area contributed by atoms with Gasteiger partial charge in [-0.2, -0.15) is 5.26 Å². The summed E-state index contributed by atoms with van der Waals surface area (Å²) in [5, 5.41) is 9.91. The third-order valence-corrected chi connectivity index (χ3v) is 5.52. The molecule has 0 aromatic heterocycles. The quantitative estimate of drug-likeness (QED) is 0.616. The van der Waals surface area contributed by atoms with E-state index in [2.05, 4.69) is 20.9 Å². The monoisotopic (exact) mass is 478 g/mol. The zero-order valence-electron chi connectivity index (χ0n) is 15.6. The molecule has 2 heterocycles. The number of ketones is 1. The van der Waals surface area contributed by atoms with Crippen LogP contribution in [0.2, 0.25) is 0 Å². The van der Waals surface area contributed by atoms with Gasteiger partial charge in [-0.15, -0.1) is 0 Å². The van der Waals surface area contributed by atoms with Gasteiger partial charge in [-0.3, -0.25) is 9.69 Å². The van der Waals surface area contributed by atoms with E-state index in [-0.39, 0.29) is 46.3 Å². The maximum atomic E-state index is 13.8. The molecule has 2 aliphatic rings. The van der Waals surface area contributed by atoms with Crippen LogP contribution in [0.15, 0.2) is 33.7 Å². The summed E-state index contributed by atoms with van der Waals surface area (Å²) in [5.74, 6) is -0.907. The Balaban J connectivity index is 1.94. The van der Waals surface area contributed by atoms with Crippen molar-refractivity contribution in [1.82, 2.24) is 0 Å². The third-order valence-electron chi connectivity index (χ3n) is 4.90. The first-order valence-electron chi connectivity index (χ1n) is 8.86. The molecule has 10 heteroatoms. The molecule has 2 aromatic rings. The van der Waals surface area contributed by atoms with Crippen molar-refractivity contribution in [2.24, 2.45) is 4.99 Å². The van der Waals surface area contributed by atoms with Gasteiger partial charge in [0.2, 0.25) is 5.96 Å². The summed E-state index contributed by atoms with van der Waals surface area (Å²) in [6.07, 6.45) is -2.65. The van der Waals surface area contributed by atoms with Crippen molar-refractivity contribution >= 4 is 39.0 Å². The number of halogens is 4. The number of hydrogen-bond acceptors (Lipinski definition) is 6. The van der Waals surface area contributed by atoms with Gasteiger partial charge >= 0.3 is 0 Å². The lowest BCUT2D eigenvalue weighted by Gasteiger charge is -2.26. The second kappa shape index (κ2) is 7.74. The van der Waals surface area contributed by atoms with Crippen LogP contribution in [-0.4, -0.2) is 38.2 Å². The fourth-order valence-corrected chi connectivity index (χ4v) is 4.20. The molecule has 0 aliphatic carbocycles. The first-order chi connectivity index (χ1) is 14.3. The predicted molar refractivity (Wildman–Crippen MR) is 108 cm³/mol. The number of alkyl halides is 2. The number of rotatable bonds is 4. The van der Waals surface area contributed by atoms with Crippen molar-refractivity contribution in [2.45, 2.75) is 13.3 Å². The van der Waals surface area contributed by atoms with Gasteiger partial charge in [0.05, 0.1) is 29.0 Å². The number of benzene rings is 2. The number of ether oxygens (including phenoxy) is 1. The SMILES string of the molecule is Cc1ccc(F)cc1C(=O)c1c(Br)cc2c(c1C#N)N1COCN=C1N2CC(F)F. The Morgan fingerprint density at radius 2 is 2.17 bits per heavy atom. The van der Waals surface area contributed by atoms with E-state index in [4.69, 9.17) is 4.74 Å². The molecule has 0 N–H and O–H groups in total. The molecule has 0 amide bonds. The Hall–Kier alpha value is -2.90. The molecule has 0 bridgehead atoms. The predicted octanol–water partition coefficient (Wildman–Crippen LogP) is 4.19. The number of aliphatic imine (C=N–C) groups is 1. The smallest absolute Gasteiger partial charge is 0.256 e. The lowest BCUT2D eigenvalue weighted by Crippen LogP contribution is -2.44. The minimum Gasteiger partial charge on any atom is -0.338 e. The van der Waals surface area contributed by atoms with Gasteiger partial charge in [0.25, 0.3) is 6.43 Å². The van der Waals surface area contributed by atoms with Gasteiger partial charge in [-0.05, 0) is 46.6 Å². The summed E-state index contributed by atoms with van der Waals surface area (Å²) in [4.78, 5) is 20.2. The van der Waals surface area contributed by atoms with Crippen LogP contribution in [0.4, 0.5) is 24.5 Å². The third kappa shape index (κ3) is 3.24. The van der Waals surface area contributed by atoms with Crippen LogP contribution in [0.25, 0.3) is 0 Å². The lowest BCUT2D eigenvalue weighted by molar-refractivity contribution is 0.103. The lowest BCUT2D eigenvalue weighted by atomic mass is 9.94. The van der Waals surface area contributed by atoms with Crippen molar-refractivity contribution in [3.63, 3.8) is 0 Å². The minimum absolute atomic E-state index is 0.00308. The fourth-order valence-electron chi connectivity index (χ4n) is 3.61. The molecule has 0 saturated heterocycles. The second-order valence-corrected chi connectivity index (χ2v) is 7.58. The largest absolute Gasteiger partial charge is 0.338 e. The van der Waals surface area contributed by atoms with Crippen molar-refractivity contribution < 1.29 is 22.7 Å². The van der Waals surface area contributed by atoms with Crippen molar-refractivity contribution in [3.05, 3.63) is 56.8 Å². The molecular formula is C20H14BrF3N4O2. The number of nitrogens with zero attached hydrogens (tertiary/aromatic N) is 4. The molecular weight excluding hydrogens is 465 g/mol. The fraction of sp³-hybridized carbons (Fsp3) is 0.250. The molecule has 0 saturated carbocycles. The molecule has 0 unspecified atom stereocenters. The summed E-state index contributed by atoms with van der Waals surface area (Å²) in [6, 6.07) is 7.35. The van der Waals surface area contributed by atoms with Crippen LogP contribution in [0.3, 0.4) is 0 Å². The number of hydrogen-bond donors (Lipinski definition) is 0. The van der Waals surface area contributed by atoms with E-state index in [1.165, 1.54) is 28.0 Å². The first kappa shape index (κ1) is 20.4. The van der Waals surface area contributed by atoms with E-state index in [9.17, 15) is 23.2 Å². The summed E-state index contributed by atoms with van der Waals surface area (Å²) in [6.45, 7) is 1.02. The van der Waals surface area contributed by atoms with Gasteiger partial charge in [-0.25, -0.2) is 18.2 Å². The average Bonchev–Trinajstić information content (AvgIpc) is 3.01. The van der Waals surface area contributed by atoms with Crippen molar-refractivity contribution in [3.8, 4) is 6.07 Å². The Morgan fingerprint density at radius 3 is 2.87 bits per heavy atom. The maximum Gasteiger partial charge on any atom is 0.256 e. The number of nitriles is 1. The number of guanidine groups is 1. The molecule has 30 heavy (non-hydrogen) atoms. The first-order valence-corrected chi connectivity index (χ1v) is 9.65. The zero-order valence-corrected chi connectivity index (χ0v) is 17.2. The normalized spacial score (nSPS) is 15.0. The van der Waals surface area contributed by atoms with E-state index in [0.717, 1.165) is 6.07 Å². The highest BCUT2D eigenvalue weighted by Crippen LogP contribution is 2.45. The standard InChI is InChI=1S/C20H14BrF3N4O2/c1-10-2-3-11(22)4-12(10)19(29)17-13(6-25)18-15(5-14(17)21)27(7-16(23)24)20-26-8-30-9-28(18)20/h2-5,16H,7-9H2,1H3. The highest BCUT2D eigenvalue weighted by molar-refractivity contribution is 9.10. The van der Waals surface area contributed by atoms with Gasteiger partial charge in [0.15, 0.2) is 5.78 Å². The Bertz CT molecular complexity index is 1130. The summed E-state index contributed by atoms with van der Waals surface area (Å²) < 4.78 is 45.8. The van der Waals surface area contributed by atoms with Crippen LogP contribution in [0.5, 0.6) is 0 Å². The molecule has 0 atom stereocenters. The molecule has 0 radical (unpaired) electrons. The Labute approximate surface area is 178 Å². The molecule has 4 rings (SSSR count). The molecule has 154 valence electrons. The van der Waals surface area contributed by atoms with E-state index >= 15 is 0 Å². The Morgan fingerprint density at radius 1 is 1.40 bits per heavy atom. The zero-order chi connectivity index (χ0) is 21.6. The van der Waals surface area contributed by atoms with E-state index in [1.807, 2.05) is 6.07 Å². The maximum absolute atomic E-state index is 13.8. The summed E-state index contributed by atoms with van der Waals surface area (Å²) in [7, 11) is 0. The van der Waals surface area contributed by atoms with Crippen LogP contribution >= 0.6 is 15.9 Å². The molecule has 6 nitrogen and oxygen atoms in total. The van der Waals surface area contributed by atoms with Crippen LogP contribution in [0, 0.1) is 24.1 Å². The number of anilines is 2. The van der Waals surface area contributed by atoms with Gasteiger partial charge < -0.3 is 9.64 Å². The minimum atomic E-state index is -2.65. The van der Waals surface area contributed by atoms with Crippen molar-refractivity contribution in [2.75, 3.05) is 29.8 Å². The molecule has 2 aliphatic heterocycles. The second-order valence-electron chi connectivity index (χ2n) is 6.73. The molecule has 2 aromatic carbocycles. The van der Waals surface area contributed by atoms with E-state index < -0.39 is 24.6 Å². The highest BCUT2D eigenvalue weighted by Gasteiger charge is 2.40. The van der Waals surface area contributed by atoms with Gasteiger partial charge in [0.1, 0.15) is 25.3 Å². The van der Waals surface area contributed by atoms with E-state index in [1.54, 1.807) is 6.92 Å². The summed E-state index contributed by atoms with van der Waals surface area (Å²) >= 11 is 3.31. The number of carbonyl (C=O) groups is 1. The van der Waals surface area contributed by atoms with Crippen molar-refractivity contribution in [1.29, 1.82) is 5.26 Å². The van der Waals surface area contributed by atoms with Crippen LogP contribution < -0.4 is 9.80 Å². The number of fused-ring (bicyclic) bond motifs is 3. The van der Waals surface area contributed by atoms with Crippen LogP contribution in [-0.2, 0) is 4.74 Å². The molecule has 0 fully saturated rings. The average molecular weight is 479 g/mol. The van der Waals surface area contributed by atoms with E-state index in [0.29, 0.717) is 11.3 Å². The topological polar surface area (TPSA) is 68.9 Å². The number of aryl methyl sites for hydroxylation is 1. The Kier molecular flexibility index (Phi) is 5.26. The summed E-state index contributed by atoms with van der Waals surface area (Å²) in [5.41, 5.74) is 1.23. The highest BCUT2D eigenvalue weighted by atomic mass is 79.9. The van der Waals surface area contributed by atoms with Gasteiger partial charge in [0, 0.05) is 10.0 Å².